The van der Waals surface area contributed by atoms with E-state index in [9.17, 15) is 38.4 Å². The van der Waals surface area contributed by atoms with Crippen LogP contribution in [0.4, 0.5) is 0 Å². The third kappa shape index (κ3) is 23.3. The van der Waals surface area contributed by atoms with Crippen molar-refractivity contribution in [3.63, 3.8) is 0 Å². The van der Waals surface area contributed by atoms with Crippen LogP contribution in [0.1, 0.15) is 170 Å². The van der Waals surface area contributed by atoms with Gasteiger partial charge in [-0.3, -0.25) is 43.2 Å². The van der Waals surface area contributed by atoms with Crippen molar-refractivity contribution >= 4 is 59.1 Å². The Labute approximate surface area is 487 Å². The molecular weight excluding hydrogens is 1040 g/mol. The topological polar surface area (TPSA) is 261 Å². The van der Waals surface area contributed by atoms with Gasteiger partial charge in [-0.25, -0.2) is 4.79 Å². The van der Waals surface area contributed by atoms with Crippen molar-refractivity contribution in [1.29, 1.82) is 0 Å². The van der Waals surface area contributed by atoms with Crippen molar-refractivity contribution in [2.75, 3.05) is 42.3 Å². The molecule has 0 aromatic heterocycles. The third-order valence-electron chi connectivity index (χ3n) is 14.8. The summed E-state index contributed by atoms with van der Waals surface area (Å²) in [5, 5.41) is 8.23. The van der Waals surface area contributed by atoms with Gasteiger partial charge in [0.15, 0.2) is 0 Å². The fourth-order valence-electron chi connectivity index (χ4n) is 9.43. The molecule has 9 amide bonds. The molecule has 0 radical (unpaired) electrons. The van der Waals surface area contributed by atoms with E-state index in [0.29, 0.717) is 12.8 Å². The van der Waals surface area contributed by atoms with Crippen molar-refractivity contribution in [2.45, 2.75) is 236 Å². The van der Waals surface area contributed by atoms with Crippen molar-refractivity contribution in [2.24, 2.45) is 41.2 Å². The summed E-state index contributed by atoms with van der Waals surface area (Å²) in [7, 11) is 8.94. The quantitative estimate of drug-likeness (QED) is 0.0514. The van der Waals surface area contributed by atoms with Gasteiger partial charge in [0.25, 0.3) is 0 Å². The molecule has 0 heterocycles. The first-order chi connectivity index (χ1) is 37.1. The van der Waals surface area contributed by atoms with Gasteiger partial charge < -0.3 is 55.8 Å². The fraction of sp³-hybridized carbons (Fsp3) is 0.800. The Kier molecular flexibility index (Phi) is 31.8. The number of nitrogens with zero attached hydrogens (tertiary/aromatic N) is 6. The van der Waals surface area contributed by atoms with Crippen molar-refractivity contribution < 1.29 is 52.7 Å². The SMILES string of the molecule is C/C=C/C[C@@H](C)C[C@@H](C(=O)N[C@@H](CC)C(=O)N(C)[C@H](C)C(=O)OC(C)(C)C)N(C)C(=O)C(C(C)C)N(C)C(=O)[C@H](CC(C)C)N(C)C(=O)[C@H](CC(C)C)N(C)C(=O)[C@@H](C)NC(=O)[C@H](C)NC(=O)[C@H](CC(C)C)N(C)C(=O)C(N)C(C)C. The minimum atomic E-state index is -1.16. The van der Waals surface area contributed by atoms with Gasteiger partial charge in [0.1, 0.15) is 60.0 Å². The van der Waals surface area contributed by atoms with Crippen LogP contribution in [-0.4, -0.2) is 197 Å². The number of carbonyl (C=O) groups is 10. The number of hydrogen-bond acceptors (Lipinski definition) is 12. The van der Waals surface area contributed by atoms with E-state index in [1.54, 1.807) is 48.5 Å². The van der Waals surface area contributed by atoms with Crippen molar-refractivity contribution in [3.05, 3.63) is 12.2 Å². The van der Waals surface area contributed by atoms with Gasteiger partial charge in [0, 0.05) is 42.3 Å². The number of hydrogen-bond donors (Lipinski definition) is 4. The molecule has 0 saturated carbocycles. The zero-order chi connectivity index (χ0) is 63.5. The van der Waals surface area contributed by atoms with Crippen LogP contribution in [0.25, 0.3) is 0 Å². The number of amides is 9. The summed E-state index contributed by atoms with van der Waals surface area (Å²) in [5.74, 6) is -6.54. The second-order valence-electron chi connectivity index (χ2n) is 25.4. The molecule has 2 unspecified atom stereocenters. The lowest BCUT2D eigenvalue weighted by Crippen LogP contribution is -2.61. The van der Waals surface area contributed by atoms with Crippen LogP contribution < -0.4 is 21.7 Å². The van der Waals surface area contributed by atoms with E-state index < -0.39 is 131 Å². The Bertz CT molecular complexity index is 2140. The van der Waals surface area contributed by atoms with E-state index in [2.05, 4.69) is 16.0 Å². The minimum Gasteiger partial charge on any atom is -0.458 e. The summed E-state index contributed by atoms with van der Waals surface area (Å²) >= 11 is 0. The highest BCUT2D eigenvalue weighted by Gasteiger charge is 2.43. The molecule has 21 heteroatoms. The Morgan fingerprint density at radius 3 is 1.32 bits per heavy atom. The lowest BCUT2D eigenvalue weighted by molar-refractivity contribution is -0.163. The maximum Gasteiger partial charge on any atom is 0.329 e. The summed E-state index contributed by atoms with van der Waals surface area (Å²) in [6.45, 7) is 33.8. The van der Waals surface area contributed by atoms with Crippen LogP contribution >= 0.6 is 0 Å². The van der Waals surface area contributed by atoms with E-state index in [4.69, 9.17) is 10.5 Å². The van der Waals surface area contributed by atoms with Gasteiger partial charge >= 0.3 is 5.97 Å². The molecule has 0 bridgehead atoms. The molecule has 0 aromatic carbocycles. The normalized spacial score (nSPS) is 16.0. The average Bonchev–Trinajstić information content (AvgIpc) is 3.37. The third-order valence-corrected chi connectivity index (χ3v) is 14.8. The second-order valence-corrected chi connectivity index (χ2v) is 25.4. The number of nitrogens with one attached hydrogen (secondary N) is 3. The summed E-state index contributed by atoms with van der Waals surface area (Å²) < 4.78 is 5.51. The maximum atomic E-state index is 15.1. The second kappa shape index (κ2) is 34.1. The van der Waals surface area contributed by atoms with Gasteiger partial charge in [0.2, 0.25) is 53.2 Å². The number of ether oxygens (including phenoxy) is 1. The van der Waals surface area contributed by atoms with E-state index >= 15 is 9.59 Å². The molecule has 0 aliphatic rings. The molecule has 0 spiro atoms. The molecule has 0 aromatic rings. The summed E-state index contributed by atoms with van der Waals surface area (Å²) in [4.78, 5) is 149. The van der Waals surface area contributed by atoms with E-state index in [1.165, 1.54) is 85.5 Å². The summed E-state index contributed by atoms with van der Waals surface area (Å²) in [6.07, 6.45) is 5.54. The van der Waals surface area contributed by atoms with E-state index in [-0.39, 0.29) is 55.3 Å². The number of esters is 1. The first kappa shape index (κ1) is 75.4. The van der Waals surface area contributed by atoms with E-state index in [1.807, 2.05) is 81.4 Å². The largest absolute Gasteiger partial charge is 0.458 e. The number of rotatable bonds is 32. The van der Waals surface area contributed by atoms with Gasteiger partial charge in [-0.15, -0.1) is 0 Å². The monoisotopic (exact) mass is 1150 g/mol. The van der Waals surface area contributed by atoms with Gasteiger partial charge in [-0.05, 0) is 122 Å². The number of allylic oxidation sites excluding steroid dienone is 2. The Balaban J connectivity index is 6.95. The zero-order valence-electron chi connectivity index (χ0n) is 54.4. The molecule has 0 rings (SSSR count). The van der Waals surface area contributed by atoms with Crippen LogP contribution in [0.15, 0.2) is 12.2 Å². The van der Waals surface area contributed by atoms with Crippen molar-refractivity contribution in [1.82, 2.24) is 45.3 Å². The zero-order valence-corrected chi connectivity index (χ0v) is 54.4. The van der Waals surface area contributed by atoms with E-state index in [0.717, 1.165) is 0 Å². The van der Waals surface area contributed by atoms with Crippen LogP contribution in [0.3, 0.4) is 0 Å². The van der Waals surface area contributed by atoms with Crippen LogP contribution in [0.2, 0.25) is 0 Å². The molecule has 81 heavy (non-hydrogen) atoms. The predicted octanol–water partition coefficient (Wildman–Crippen LogP) is 4.98. The average molecular weight is 1150 g/mol. The molecule has 11 atom stereocenters. The molecule has 21 nitrogen and oxygen atoms in total. The molecule has 0 saturated heterocycles. The highest BCUT2D eigenvalue weighted by molar-refractivity contribution is 5.98. The fourth-order valence-corrected chi connectivity index (χ4v) is 9.43. The van der Waals surface area contributed by atoms with Crippen LogP contribution in [-0.2, 0) is 52.7 Å². The van der Waals surface area contributed by atoms with Crippen molar-refractivity contribution in [3.8, 4) is 0 Å². The first-order valence-electron chi connectivity index (χ1n) is 29.2. The molecule has 466 valence electrons. The lowest BCUT2D eigenvalue weighted by atomic mass is 9.93. The Hall–Kier alpha value is -5.60. The molecule has 0 aliphatic heterocycles. The summed E-state index contributed by atoms with van der Waals surface area (Å²) in [6, 6.07) is -10.4. The highest BCUT2D eigenvalue weighted by Crippen LogP contribution is 2.25. The van der Waals surface area contributed by atoms with Gasteiger partial charge in [0.05, 0.1) is 6.04 Å². The standard InChI is InChI=1S/C60H110N10O11/c1-26-28-29-39(13)33-45(52(73)64-43(27-2)54(75)65(20)42(16)59(80)81-60(17,18)19)67(22)58(79)49(38(11)12)70(25)56(77)47(32-36(7)8)69(24)55(76)46(31-35(5)6)68(23)53(74)41(15)63-50(71)40(14)62-51(72)44(30-34(3)4)66(21)57(78)48(61)37(9)10/h26,28,34-49H,27,29-33,61H2,1-25H3,(H,62,72)(H,63,71)(H,64,73)/b28-26+/t39-,40+,41-,42-,43+,44+,45+,46+,47+,48?,49?/m1/s1. The smallest absolute Gasteiger partial charge is 0.329 e. The number of nitrogens with two attached hydrogens (primary N) is 1. The Morgan fingerprint density at radius 1 is 0.481 bits per heavy atom. The minimum absolute atomic E-state index is 0.0169. The lowest BCUT2D eigenvalue weighted by Gasteiger charge is -2.41. The van der Waals surface area contributed by atoms with Crippen LogP contribution in [0.5, 0.6) is 0 Å². The maximum absolute atomic E-state index is 15.1. The molecular formula is C60H110N10O11. The number of carbonyl (C=O) groups excluding carboxylic acids is 10. The molecule has 5 N–H and O–H groups in total. The Morgan fingerprint density at radius 2 is 0.889 bits per heavy atom. The molecule has 0 aliphatic carbocycles. The number of likely N-dealkylation sites (N-methyl/N-ethyl adjacent to an activating group) is 6. The molecule has 0 fully saturated rings. The van der Waals surface area contributed by atoms with Crippen LogP contribution in [0, 0.1) is 35.5 Å². The predicted molar refractivity (Wildman–Crippen MR) is 318 cm³/mol. The van der Waals surface area contributed by atoms with Gasteiger partial charge in [-0.1, -0.05) is 95.2 Å². The highest BCUT2D eigenvalue weighted by atomic mass is 16.6. The summed E-state index contributed by atoms with van der Waals surface area (Å²) in [5.41, 5.74) is 5.36. The van der Waals surface area contributed by atoms with Gasteiger partial charge in [-0.2, -0.15) is 0 Å². The first-order valence-corrected chi connectivity index (χ1v) is 29.2.